The molecule has 0 aliphatic carbocycles. The molecule has 0 aromatic carbocycles. The Balaban J connectivity index is 1.72. The van der Waals surface area contributed by atoms with Crippen LogP contribution in [0.1, 0.15) is 40.5 Å². The van der Waals surface area contributed by atoms with Gasteiger partial charge in [-0.25, -0.2) is 0 Å². The Morgan fingerprint density at radius 1 is 1.37 bits per heavy atom. The minimum atomic E-state index is 0.638. The summed E-state index contributed by atoms with van der Waals surface area (Å²) in [5.74, 6) is 2.73. The maximum atomic E-state index is 4.80. The first-order valence-electron chi connectivity index (χ1n) is 7.72. The summed E-state index contributed by atoms with van der Waals surface area (Å²) >= 11 is 1.91. The normalized spacial score (nSPS) is 30.7. The zero-order valence-electron chi connectivity index (χ0n) is 12.9. The molecule has 0 bridgehead atoms. The molecule has 1 N–H and O–H groups in total. The number of likely N-dealkylation sites (tertiary alicyclic amines) is 1. The number of hydrogen-bond donors (Lipinski definition) is 1. The van der Waals surface area contributed by atoms with Crippen molar-refractivity contribution < 1.29 is 0 Å². The van der Waals surface area contributed by atoms with Gasteiger partial charge in [-0.05, 0) is 45.1 Å². The van der Waals surface area contributed by atoms with Crippen LogP contribution in [0.25, 0.3) is 0 Å². The third-order valence-corrected chi connectivity index (χ3v) is 5.13. The number of nitrogens with one attached hydrogen (secondary N) is 1. The van der Waals surface area contributed by atoms with Crippen LogP contribution in [0.3, 0.4) is 0 Å². The maximum Gasteiger partial charge on any atom is 0.156 e. The highest BCUT2D eigenvalue weighted by molar-refractivity contribution is 8.14. The van der Waals surface area contributed by atoms with Gasteiger partial charge < -0.3 is 10.2 Å². The third-order valence-electron chi connectivity index (χ3n) is 4.05. The van der Waals surface area contributed by atoms with Crippen molar-refractivity contribution >= 4 is 16.9 Å². The van der Waals surface area contributed by atoms with Gasteiger partial charge in [0.05, 0.1) is 0 Å². The lowest BCUT2D eigenvalue weighted by Gasteiger charge is -2.19. The Bertz CT molecular complexity index is 315. The van der Waals surface area contributed by atoms with Crippen LogP contribution in [0.2, 0.25) is 0 Å². The van der Waals surface area contributed by atoms with Gasteiger partial charge >= 0.3 is 0 Å². The van der Waals surface area contributed by atoms with E-state index in [0.29, 0.717) is 12.1 Å². The van der Waals surface area contributed by atoms with Gasteiger partial charge in [0.2, 0.25) is 0 Å². The first kappa shape index (κ1) is 15.2. The SMILES string of the molecule is CC(C)CC1CSC(=NCC2CCN(C(C)C)C2)N1. The van der Waals surface area contributed by atoms with Crippen LogP contribution in [-0.2, 0) is 0 Å². The predicted octanol–water partition coefficient (Wildman–Crippen LogP) is 2.82. The van der Waals surface area contributed by atoms with E-state index in [9.17, 15) is 0 Å². The molecule has 19 heavy (non-hydrogen) atoms. The molecule has 110 valence electrons. The van der Waals surface area contributed by atoms with Crippen molar-refractivity contribution in [2.75, 3.05) is 25.4 Å². The molecule has 2 aliphatic heterocycles. The minimum absolute atomic E-state index is 0.638. The molecule has 0 radical (unpaired) electrons. The fourth-order valence-electron chi connectivity index (χ4n) is 2.92. The molecule has 4 heteroatoms. The summed E-state index contributed by atoms with van der Waals surface area (Å²) in [6.07, 6.45) is 2.58. The molecule has 2 heterocycles. The average molecular weight is 283 g/mol. The van der Waals surface area contributed by atoms with Crippen molar-refractivity contribution in [3.05, 3.63) is 0 Å². The lowest BCUT2D eigenvalue weighted by molar-refractivity contribution is 0.266. The summed E-state index contributed by atoms with van der Waals surface area (Å²) in [5, 5.41) is 4.77. The van der Waals surface area contributed by atoms with E-state index in [1.165, 1.54) is 36.9 Å². The van der Waals surface area contributed by atoms with E-state index in [4.69, 9.17) is 4.99 Å². The Morgan fingerprint density at radius 3 is 2.79 bits per heavy atom. The molecule has 2 rings (SSSR count). The number of amidine groups is 1. The first-order chi connectivity index (χ1) is 9.04. The Labute approximate surface area is 122 Å². The van der Waals surface area contributed by atoms with Crippen LogP contribution in [0.5, 0.6) is 0 Å². The highest BCUT2D eigenvalue weighted by Crippen LogP contribution is 2.22. The van der Waals surface area contributed by atoms with Crippen LogP contribution >= 0.6 is 11.8 Å². The second-order valence-corrected chi connectivity index (χ2v) is 7.68. The standard InChI is InChI=1S/C15H29N3S/c1-11(2)7-14-10-19-15(17-14)16-8-13-5-6-18(9-13)12(3)4/h11-14H,5-10H2,1-4H3,(H,16,17). The fourth-order valence-corrected chi connectivity index (χ4v) is 3.91. The van der Waals surface area contributed by atoms with E-state index in [0.717, 1.165) is 18.4 Å². The first-order valence-corrected chi connectivity index (χ1v) is 8.71. The molecule has 0 amide bonds. The number of thioether (sulfide) groups is 1. The summed E-state index contributed by atoms with van der Waals surface area (Å²) in [6, 6.07) is 1.33. The van der Waals surface area contributed by atoms with E-state index >= 15 is 0 Å². The lowest BCUT2D eigenvalue weighted by Crippen LogP contribution is -2.29. The summed E-state index contributed by atoms with van der Waals surface area (Å²) in [5.41, 5.74) is 0. The van der Waals surface area contributed by atoms with E-state index < -0.39 is 0 Å². The van der Waals surface area contributed by atoms with Crippen LogP contribution < -0.4 is 5.32 Å². The van der Waals surface area contributed by atoms with Crippen LogP contribution in [0.15, 0.2) is 4.99 Å². The Hall–Kier alpha value is -0.220. The summed E-state index contributed by atoms with van der Waals surface area (Å²) in [4.78, 5) is 7.37. The average Bonchev–Trinajstić information content (AvgIpc) is 2.94. The van der Waals surface area contributed by atoms with Crippen LogP contribution in [0.4, 0.5) is 0 Å². The van der Waals surface area contributed by atoms with E-state index in [1.807, 2.05) is 11.8 Å². The highest BCUT2D eigenvalue weighted by atomic mass is 32.2. The van der Waals surface area contributed by atoms with Gasteiger partial charge in [-0.15, -0.1) is 0 Å². The van der Waals surface area contributed by atoms with Crippen LogP contribution in [-0.4, -0.2) is 47.5 Å². The van der Waals surface area contributed by atoms with E-state index in [1.54, 1.807) is 0 Å². The van der Waals surface area contributed by atoms with Gasteiger partial charge in [0.25, 0.3) is 0 Å². The van der Waals surface area contributed by atoms with Crippen molar-refractivity contribution in [2.45, 2.75) is 52.6 Å². The van der Waals surface area contributed by atoms with E-state index in [-0.39, 0.29) is 0 Å². The second kappa shape index (κ2) is 6.98. The summed E-state index contributed by atoms with van der Waals surface area (Å²) in [7, 11) is 0. The molecule has 0 aromatic heterocycles. The second-order valence-electron chi connectivity index (χ2n) is 6.67. The molecular formula is C15H29N3S. The topological polar surface area (TPSA) is 27.6 Å². The zero-order chi connectivity index (χ0) is 13.8. The van der Waals surface area contributed by atoms with Crippen molar-refractivity contribution in [1.29, 1.82) is 0 Å². The molecule has 2 saturated heterocycles. The van der Waals surface area contributed by atoms with Gasteiger partial charge in [0.15, 0.2) is 5.17 Å². The maximum absolute atomic E-state index is 4.80. The van der Waals surface area contributed by atoms with Crippen LogP contribution in [0, 0.1) is 11.8 Å². The molecule has 2 atom stereocenters. The quantitative estimate of drug-likeness (QED) is 0.841. The molecule has 0 spiro atoms. The zero-order valence-corrected chi connectivity index (χ0v) is 13.7. The van der Waals surface area contributed by atoms with Gasteiger partial charge in [0.1, 0.15) is 0 Å². The third kappa shape index (κ3) is 4.67. The molecular weight excluding hydrogens is 254 g/mol. The molecule has 3 nitrogen and oxygen atoms in total. The van der Waals surface area contributed by atoms with Gasteiger partial charge in [0, 0.05) is 30.9 Å². The Kier molecular flexibility index (Phi) is 5.58. The number of nitrogens with zero attached hydrogens (tertiary/aromatic N) is 2. The predicted molar refractivity (Wildman–Crippen MR) is 86.0 cm³/mol. The van der Waals surface area contributed by atoms with Crippen molar-refractivity contribution in [1.82, 2.24) is 10.2 Å². The van der Waals surface area contributed by atoms with Crippen molar-refractivity contribution in [3.63, 3.8) is 0 Å². The molecule has 2 fully saturated rings. The summed E-state index contributed by atoms with van der Waals surface area (Å²) in [6.45, 7) is 12.7. The summed E-state index contributed by atoms with van der Waals surface area (Å²) < 4.78 is 0. The van der Waals surface area contributed by atoms with Crippen molar-refractivity contribution in [3.8, 4) is 0 Å². The van der Waals surface area contributed by atoms with E-state index in [2.05, 4.69) is 37.9 Å². The molecule has 2 aliphatic rings. The number of aliphatic imine (C=N–C) groups is 1. The Morgan fingerprint density at radius 2 is 2.16 bits per heavy atom. The number of rotatable bonds is 5. The molecule has 0 saturated carbocycles. The van der Waals surface area contributed by atoms with Gasteiger partial charge in [-0.1, -0.05) is 25.6 Å². The minimum Gasteiger partial charge on any atom is -0.361 e. The molecule has 2 unspecified atom stereocenters. The molecule has 0 aromatic rings. The number of hydrogen-bond acceptors (Lipinski definition) is 3. The van der Waals surface area contributed by atoms with Gasteiger partial charge in [-0.3, -0.25) is 4.99 Å². The van der Waals surface area contributed by atoms with Crippen molar-refractivity contribution in [2.24, 2.45) is 16.8 Å². The monoisotopic (exact) mass is 283 g/mol. The largest absolute Gasteiger partial charge is 0.361 e. The lowest BCUT2D eigenvalue weighted by atomic mass is 10.1. The highest BCUT2D eigenvalue weighted by Gasteiger charge is 2.25. The fraction of sp³-hybridized carbons (Fsp3) is 0.933. The van der Waals surface area contributed by atoms with Gasteiger partial charge in [-0.2, -0.15) is 0 Å². The smallest absolute Gasteiger partial charge is 0.156 e.